The summed E-state index contributed by atoms with van der Waals surface area (Å²) in [6.45, 7) is 2.47. The average molecular weight is 462 g/mol. The van der Waals surface area contributed by atoms with Gasteiger partial charge in [0.1, 0.15) is 23.8 Å². The number of anilines is 1. The molecular formula is C24H23N5O3S. The number of ether oxygens (including phenoxy) is 2. The number of carbonyl (C=O) groups is 1. The van der Waals surface area contributed by atoms with Crippen LogP contribution < -0.4 is 14.8 Å². The standard InChI is InChI=1S/C24H23N5O3S/c1-17-8-13-22(31-2)21(14-17)29-24(26-27-28-29)33-16-23(30)25-19-9-11-20(12-10-19)32-15-18-6-4-3-5-7-18/h3-14H,15-16H2,1-2H3,(H,25,30). The minimum Gasteiger partial charge on any atom is -0.494 e. The molecule has 168 valence electrons. The molecule has 0 saturated carbocycles. The number of hydrogen-bond donors (Lipinski definition) is 1. The van der Waals surface area contributed by atoms with Crippen LogP contribution in [0, 0.1) is 6.92 Å². The molecule has 0 unspecified atom stereocenters. The van der Waals surface area contributed by atoms with E-state index in [2.05, 4.69) is 20.8 Å². The van der Waals surface area contributed by atoms with Crippen molar-refractivity contribution in [3.63, 3.8) is 0 Å². The Bertz CT molecular complexity index is 1210. The van der Waals surface area contributed by atoms with E-state index in [9.17, 15) is 4.79 Å². The molecule has 0 aliphatic heterocycles. The van der Waals surface area contributed by atoms with Gasteiger partial charge in [0.25, 0.3) is 0 Å². The van der Waals surface area contributed by atoms with Crippen molar-refractivity contribution in [2.75, 3.05) is 18.2 Å². The van der Waals surface area contributed by atoms with Crippen LogP contribution in [-0.4, -0.2) is 39.0 Å². The molecule has 0 spiro atoms. The number of benzene rings is 3. The zero-order valence-electron chi connectivity index (χ0n) is 18.3. The molecule has 9 heteroatoms. The minimum absolute atomic E-state index is 0.154. The highest BCUT2D eigenvalue weighted by atomic mass is 32.2. The lowest BCUT2D eigenvalue weighted by Gasteiger charge is -2.10. The number of aryl methyl sites for hydroxylation is 1. The first-order valence-electron chi connectivity index (χ1n) is 10.3. The molecule has 0 radical (unpaired) electrons. The summed E-state index contributed by atoms with van der Waals surface area (Å²) in [4.78, 5) is 12.5. The molecule has 0 aliphatic rings. The van der Waals surface area contributed by atoms with E-state index in [-0.39, 0.29) is 11.7 Å². The molecule has 1 amide bonds. The Balaban J connectivity index is 1.32. The van der Waals surface area contributed by atoms with Crippen molar-refractivity contribution < 1.29 is 14.3 Å². The van der Waals surface area contributed by atoms with Crippen LogP contribution in [-0.2, 0) is 11.4 Å². The summed E-state index contributed by atoms with van der Waals surface area (Å²) in [5, 5.41) is 15.2. The van der Waals surface area contributed by atoms with Crippen molar-refractivity contribution in [2.24, 2.45) is 0 Å². The smallest absolute Gasteiger partial charge is 0.234 e. The zero-order valence-corrected chi connectivity index (χ0v) is 19.1. The lowest BCUT2D eigenvalue weighted by atomic mass is 10.2. The number of thioether (sulfide) groups is 1. The van der Waals surface area contributed by atoms with Gasteiger partial charge in [-0.05, 0) is 64.9 Å². The van der Waals surface area contributed by atoms with Crippen LogP contribution in [0.5, 0.6) is 11.5 Å². The Morgan fingerprint density at radius 3 is 2.61 bits per heavy atom. The van der Waals surface area contributed by atoms with Crippen LogP contribution in [0.4, 0.5) is 5.69 Å². The molecule has 1 N–H and O–H groups in total. The predicted molar refractivity (Wildman–Crippen MR) is 127 cm³/mol. The quantitative estimate of drug-likeness (QED) is 0.372. The Kier molecular flexibility index (Phi) is 7.21. The van der Waals surface area contributed by atoms with E-state index in [1.165, 1.54) is 11.8 Å². The highest BCUT2D eigenvalue weighted by Crippen LogP contribution is 2.27. The largest absolute Gasteiger partial charge is 0.494 e. The molecule has 1 heterocycles. The van der Waals surface area contributed by atoms with E-state index in [0.29, 0.717) is 23.2 Å². The first kappa shape index (κ1) is 22.3. The topological polar surface area (TPSA) is 91.2 Å². The van der Waals surface area contributed by atoms with Gasteiger partial charge in [-0.2, -0.15) is 4.68 Å². The predicted octanol–water partition coefficient (Wildman–Crippen LogP) is 4.29. The minimum atomic E-state index is -0.163. The van der Waals surface area contributed by atoms with Gasteiger partial charge < -0.3 is 14.8 Å². The average Bonchev–Trinajstić information content (AvgIpc) is 3.31. The summed E-state index contributed by atoms with van der Waals surface area (Å²) in [5.41, 5.74) is 3.55. The highest BCUT2D eigenvalue weighted by Gasteiger charge is 2.15. The molecule has 1 aromatic heterocycles. The molecule has 4 aromatic rings. The second kappa shape index (κ2) is 10.6. The van der Waals surface area contributed by atoms with E-state index in [4.69, 9.17) is 9.47 Å². The number of amides is 1. The number of hydrogen-bond acceptors (Lipinski definition) is 7. The molecule has 8 nitrogen and oxygen atoms in total. The molecule has 0 fully saturated rings. The van der Waals surface area contributed by atoms with Gasteiger partial charge in [-0.3, -0.25) is 4.79 Å². The highest BCUT2D eigenvalue weighted by molar-refractivity contribution is 7.99. The van der Waals surface area contributed by atoms with Crippen molar-refractivity contribution in [3.8, 4) is 17.2 Å². The van der Waals surface area contributed by atoms with Gasteiger partial charge in [-0.1, -0.05) is 48.2 Å². The van der Waals surface area contributed by atoms with Gasteiger partial charge in [0, 0.05) is 5.69 Å². The second-order valence-corrected chi connectivity index (χ2v) is 8.13. The van der Waals surface area contributed by atoms with E-state index in [0.717, 1.165) is 22.6 Å². The Hall–Kier alpha value is -3.85. The van der Waals surface area contributed by atoms with Gasteiger partial charge in [0.05, 0.1) is 12.9 Å². The van der Waals surface area contributed by atoms with E-state index < -0.39 is 0 Å². The number of carbonyl (C=O) groups excluding carboxylic acids is 1. The van der Waals surface area contributed by atoms with E-state index in [1.807, 2.05) is 79.7 Å². The maximum Gasteiger partial charge on any atom is 0.234 e. The fourth-order valence-corrected chi connectivity index (χ4v) is 3.77. The third-order valence-electron chi connectivity index (χ3n) is 4.72. The molecule has 0 bridgehead atoms. The molecule has 33 heavy (non-hydrogen) atoms. The van der Waals surface area contributed by atoms with Crippen LogP contribution in [0.15, 0.2) is 78.0 Å². The van der Waals surface area contributed by atoms with Crippen molar-refractivity contribution in [1.82, 2.24) is 20.2 Å². The molecule has 0 atom stereocenters. The summed E-state index contributed by atoms with van der Waals surface area (Å²) in [6.07, 6.45) is 0. The summed E-state index contributed by atoms with van der Waals surface area (Å²) in [6, 6.07) is 23.0. The summed E-state index contributed by atoms with van der Waals surface area (Å²) in [5.74, 6) is 1.37. The molecule has 4 rings (SSSR count). The van der Waals surface area contributed by atoms with Gasteiger partial charge in [-0.15, -0.1) is 5.10 Å². The van der Waals surface area contributed by atoms with E-state index >= 15 is 0 Å². The first-order chi connectivity index (χ1) is 16.1. The lowest BCUT2D eigenvalue weighted by Crippen LogP contribution is -2.14. The SMILES string of the molecule is COc1ccc(C)cc1-n1nnnc1SCC(=O)Nc1ccc(OCc2ccccc2)cc1. The fraction of sp³-hybridized carbons (Fsp3) is 0.167. The summed E-state index contributed by atoms with van der Waals surface area (Å²) < 4.78 is 12.8. The Morgan fingerprint density at radius 1 is 1.06 bits per heavy atom. The van der Waals surface area contributed by atoms with Crippen LogP contribution in [0.1, 0.15) is 11.1 Å². The van der Waals surface area contributed by atoms with Crippen LogP contribution in [0.25, 0.3) is 5.69 Å². The summed E-state index contributed by atoms with van der Waals surface area (Å²) in [7, 11) is 1.59. The zero-order chi connectivity index (χ0) is 23.0. The number of aromatic nitrogens is 4. The van der Waals surface area contributed by atoms with Gasteiger partial charge in [-0.25, -0.2) is 0 Å². The molecule has 0 aliphatic carbocycles. The number of rotatable bonds is 9. The van der Waals surface area contributed by atoms with Crippen molar-refractivity contribution in [2.45, 2.75) is 18.7 Å². The third-order valence-corrected chi connectivity index (χ3v) is 5.64. The fourth-order valence-electron chi connectivity index (χ4n) is 3.09. The van der Waals surface area contributed by atoms with Crippen LogP contribution in [0.2, 0.25) is 0 Å². The maximum atomic E-state index is 12.5. The van der Waals surface area contributed by atoms with Crippen molar-refractivity contribution >= 4 is 23.4 Å². The van der Waals surface area contributed by atoms with Crippen LogP contribution in [0.3, 0.4) is 0 Å². The first-order valence-corrected chi connectivity index (χ1v) is 11.2. The van der Waals surface area contributed by atoms with Gasteiger partial charge in [0.15, 0.2) is 0 Å². The van der Waals surface area contributed by atoms with Crippen molar-refractivity contribution in [1.29, 1.82) is 0 Å². The third kappa shape index (κ3) is 5.89. The second-order valence-electron chi connectivity index (χ2n) is 7.18. The van der Waals surface area contributed by atoms with Gasteiger partial charge in [0.2, 0.25) is 11.1 Å². The molecular weight excluding hydrogens is 438 g/mol. The van der Waals surface area contributed by atoms with Gasteiger partial charge >= 0.3 is 0 Å². The Labute approximate surface area is 195 Å². The number of tetrazole rings is 1. The number of methoxy groups -OCH3 is 1. The summed E-state index contributed by atoms with van der Waals surface area (Å²) >= 11 is 1.24. The van der Waals surface area contributed by atoms with Crippen molar-refractivity contribution in [3.05, 3.63) is 83.9 Å². The number of nitrogens with one attached hydrogen (secondary N) is 1. The monoisotopic (exact) mass is 461 g/mol. The maximum absolute atomic E-state index is 12.5. The Morgan fingerprint density at radius 2 is 1.85 bits per heavy atom. The number of nitrogens with zero attached hydrogens (tertiary/aromatic N) is 4. The normalized spacial score (nSPS) is 10.6. The lowest BCUT2D eigenvalue weighted by molar-refractivity contribution is -0.113. The molecule has 3 aromatic carbocycles. The van der Waals surface area contributed by atoms with Crippen LogP contribution >= 0.6 is 11.8 Å². The molecule has 0 saturated heterocycles. The van der Waals surface area contributed by atoms with E-state index in [1.54, 1.807) is 11.8 Å².